The highest BCUT2D eigenvalue weighted by Crippen LogP contribution is 2.19. The van der Waals surface area contributed by atoms with Crippen LogP contribution < -0.4 is 5.32 Å². The van der Waals surface area contributed by atoms with Crippen molar-refractivity contribution >= 4 is 0 Å². The minimum Gasteiger partial charge on any atom is -0.352 e. The molecule has 4 heteroatoms. The molecule has 130 valence electrons. The standard InChI is InChI=1S/C20H26FNO2/c1-3-23-20(24-4-2)15-22-19(17-8-6-5-7-9-17)14-16-10-12-18(21)13-11-16/h5-13,19-20,22H,3-4,14-15H2,1-2H3/t19-/m1/s1. The largest absolute Gasteiger partial charge is 0.352 e. The molecule has 0 fully saturated rings. The molecule has 0 aliphatic heterocycles. The van der Waals surface area contributed by atoms with Crippen molar-refractivity contribution in [3.05, 3.63) is 71.5 Å². The molecule has 0 unspecified atom stereocenters. The monoisotopic (exact) mass is 331 g/mol. The lowest BCUT2D eigenvalue weighted by atomic mass is 9.99. The molecule has 2 aromatic carbocycles. The molecule has 0 heterocycles. The summed E-state index contributed by atoms with van der Waals surface area (Å²) in [6, 6.07) is 17.0. The van der Waals surface area contributed by atoms with E-state index in [1.807, 2.05) is 44.2 Å². The van der Waals surface area contributed by atoms with Crippen LogP contribution in [0.5, 0.6) is 0 Å². The maximum absolute atomic E-state index is 13.1. The van der Waals surface area contributed by atoms with Crippen molar-refractivity contribution < 1.29 is 13.9 Å². The summed E-state index contributed by atoms with van der Waals surface area (Å²) in [5.41, 5.74) is 2.27. The van der Waals surface area contributed by atoms with Gasteiger partial charge in [-0.05, 0) is 43.5 Å². The highest BCUT2D eigenvalue weighted by Gasteiger charge is 2.15. The normalized spacial score (nSPS) is 12.5. The Morgan fingerprint density at radius 3 is 2.12 bits per heavy atom. The van der Waals surface area contributed by atoms with Crippen molar-refractivity contribution in [3.63, 3.8) is 0 Å². The highest BCUT2D eigenvalue weighted by molar-refractivity contribution is 5.24. The predicted molar refractivity (Wildman–Crippen MR) is 94.3 cm³/mol. The second-order valence-corrected chi connectivity index (χ2v) is 5.54. The SMILES string of the molecule is CCOC(CN[C@H](Cc1ccc(F)cc1)c1ccccc1)OCC. The number of nitrogens with one attached hydrogen (secondary N) is 1. The Morgan fingerprint density at radius 1 is 0.917 bits per heavy atom. The van der Waals surface area contributed by atoms with Crippen molar-refractivity contribution in [2.45, 2.75) is 32.6 Å². The van der Waals surface area contributed by atoms with E-state index in [9.17, 15) is 4.39 Å². The van der Waals surface area contributed by atoms with Gasteiger partial charge in [-0.25, -0.2) is 4.39 Å². The van der Waals surface area contributed by atoms with Crippen LogP contribution in [0.3, 0.4) is 0 Å². The van der Waals surface area contributed by atoms with Gasteiger partial charge >= 0.3 is 0 Å². The van der Waals surface area contributed by atoms with E-state index in [-0.39, 0.29) is 18.1 Å². The van der Waals surface area contributed by atoms with E-state index in [0.717, 1.165) is 12.0 Å². The fourth-order valence-electron chi connectivity index (χ4n) is 2.63. The molecule has 3 nitrogen and oxygen atoms in total. The molecule has 0 aromatic heterocycles. The van der Waals surface area contributed by atoms with Gasteiger partial charge in [0.15, 0.2) is 6.29 Å². The number of rotatable bonds is 10. The minimum atomic E-state index is -0.264. The van der Waals surface area contributed by atoms with E-state index < -0.39 is 0 Å². The Balaban J connectivity index is 2.06. The van der Waals surface area contributed by atoms with E-state index in [0.29, 0.717) is 19.8 Å². The van der Waals surface area contributed by atoms with Crippen molar-refractivity contribution in [2.24, 2.45) is 0 Å². The molecular formula is C20H26FNO2. The average Bonchev–Trinajstić information content (AvgIpc) is 2.61. The lowest BCUT2D eigenvalue weighted by Gasteiger charge is -2.23. The molecular weight excluding hydrogens is 305 g/mol. The van der Waals surface area contributed by atoms with E-state index in [1.54, 1.807) is 0 Å². The lowest BCUT2D eigenvalue weighted by Crippen LogP contribution is -2.35. The van der Waals surface area contributed by atoms with Crippen LogP contribution in [0.25, 0.3) is 0 Å². The van der Waals surface area contributed by atoms with Gasteiger partial charge in [-0.1, -0.05) is 42.5 Å². The summed E-state index contributed by atoms with van der Waals surface area (Å²) >= 11 is 0. The van der Waals surface area contributed by atoms with Crippen LogP contribution in [0, 0.1) is 5.82 Å². The second kappa shape index (κ2) is 10.2. The summed E-state index contributed by atoms with van der Waals surface area (Å²) < 4.78 is 24.3. The fourth-order valence-corrected chi connectivity index (χ4v) is 2.63. The first-order valence-corrected chi connectivity index (χ1v) is 8.48. The zero-order valence-corrected chi connectivity index (χ0v) is 14.4. The van der Waals surface area contributed by atoms with Crippen LogP contribution in [0.4, 0.5) is 4.39 Å². The van der Waals surface area contributed by atoms with E-state index in [2.05, 4.69) is 17.4 Å². The maximum atomic E-state index is 13.1. The molecule has 0 saturated carbocycles. The molecule has 1 N–H and O–H groups in total. The van der Waals surface area contributed by atoms with Gasteiger partial charge in [0.1, 0.15) is 5.82 Å². The van der Waals surface area contributed by atoms with Crippen LogP contribution >= 0.6 is 0 Å². The van der Waals surface area contributed by atoms with Crippen LogP contribution in [0.1, 0.15) is 31.0 Å². The van der Waals surface area contributed by atoms with Crippen molar-refractivity contribution in [3.8, 4) is 0 Å². The van der Waals surface area contributed by atoms with Gasteiger partial charge in [0, 0.05) is 25.8 Å². The number of ether oxygens (including phenoxy) is 2. The van der Waals surface area contributed by atoms with Crippen LogP contribution in [-0.4, -0.2) is 26.0 Å². The topological polar surface area (TPSA) is 30.5 Å². The molecule has 0 aliphatic rings. The summed E-state index contributed by atoms with van der Waals surface area (Å²) in [5, 5.41) is 3.53. The van der Waals surface area contributed by atoms with Gasteiger partial charge in [0.05, 0.1) is 0 Å². The Morgan fingerprint density at radius 2 is 1.54 bits per heavy atom. The van der Waals surface area contributed by atoms with E-state index in [1.165, 1.54) is 17.7 Å². The van der Waals surface area contributed by atoms with Crippen molar-refractivity contribution in [1.29, 1.82) is 0 Å². The minimum absolute atomic E-state index is 0.111. The van der Waals surface area contributed by atoms with E-state index >= 15 is 0 Å². The van der Waals surface area contributed by atoms with Crippen molar-refractivity contribution in [1.82, 2.24) is 5.32 Å². The van der Waals surface area contributed by atoms with Gasteiger partial charge < -0.3 is 14.8 Å². The third-order valence-corrected chi connectivity index (χ3v) is 3.79. The number of hydrogen-bond acceptors (Lipinski definition) is 3. The van der Waals surface area contributed by atoms with E-state index in [4.69, 9.17) is 9.47 Å². The average molecular weight is 331 g/mol. The molecule has 2 rings (SSSR count). The summed E-state index contributed by atoms with van der Waals surface area (Å²) in [6.45, 7) is 5.74. The summed E-state index contributed by atoms with van der Waals surface area (Å²) in [6.07, 6.45) is 0.509. The number of halogens is 1. The third kappa shape index (κ3) is 6.04. The lowest BCUT2D eigenvalue weighted by molar-refractivity contribution is -0.133. The van der Waals surface area contributed by atoms with Gasteiger partial charge in [-0.15, -0.1) is 0 Å². The Labute approximate surface area is 143 Å². The molecule has 24 heavy (non-hydrogen) atoms. The Bertz CT molecular complexity index is 568. The molecule has 0 radical (unpaired) electrons. The second-order valence-electron chi connectivity index (χ2n) is 5.54. The Kier molecular flexibility index (Phi) is 7.89. The van der Waals surface area contributed by atoms with Crippen LogP contribution in [0.15, 0.2) is 54.6 Å². The molecule has 0 saturated heterocycles. The Hall–Kier alpha value is -1.75. The van der Waals surface area contributed by atoms with Gasteiger partial charge in [0.25, 0.3) is 0 Å². The fraction of sp³-hybridized carbons (Fsp3) is 0.400. The van der Waals surface area contributed by atoms with Crippen LogP contribution in [0.2, 0.25) is 0 Å². The zero-order chi connectivity index (χ0) is 17.2. The number of benzene rings is 2. The quantitative estimate of drug-likeness (QED) is 0.665. The van der Waals surface area contributed by atoms with Crippen molar-refractivity contribution in [2.75, 3.05) is 19.8 Å². The molecule has 0 amide bonds. The van der Waals surface area contributed by atoms with Gasteiger partial charge in [-0.2, -0.15) is 0 Å². The molecule has 0 spiro atoms. The van der Waals surface area contributed by atoms with Gasteiger partial charge in [0.2, 0.25) is 0 Å². The maximum Gasteiger partial charge on any atom is 0.169 e. The molecule has 1 atom stereocenters. The first-order valence-electron chi connectivity index (χ1n) is 8.48. The first-order chi connectivity index (χ1) is 11.7. The predicted octanol–water partition coefficient (Wildman–Crippen LogP) is 4.10. The molecule has 2 aromatic rings. The summed E-state index contributed by atoms with van der Waals surface area (Å²) in [4.78, 5) is 0. The first kappa shape index (κ1) is 18.6. The zero-order valence-electron chi connectivity index (χ0n) is 14.4. The molecule has 0 aliphatic carbocycles. The highest BCUT2D eigenvalue weighted by atomic mass is 19.1. The summed E-state index contributed by atoms with van der Waals surface area (Å²) in [7, 11) is 0. The number of hydrogen-bond donors (Lipinski definition) is 1. The summed E-state index contributed by atoms with van der Waals surface area (Å²) in [5.74, 6) is -0.212. The molecule has 0 bridgehead atoms. The van der Waals surface area contributed by atoms with Crippen LogP contribution in [-0.2, 0) is 15.9 Å². The third-order valence-electron chi connectivity index (χ3n) is 3.79. The smallest absolute Gasteiger partial charge is 0.169 e. The van der Waals surface area contributed by atoms with Gasteiger partial charge in [-0.3, -0.25) is 0 Å².